The molecule has 0 spiro atoms. The van der Waals surface area contributed by atoms with Gasteiger partial charge < -0.3 is 5.21 Å². The van der Waals surface area contributed by atoms with Gasteiger partial charge in [0.05, 0.1) is 6.54 Å². The van der Waals surface area contributed by atoms with E-state index in [0.717, 1.165) is 5.56 Å². The summed E-state index contributed by atoms with van der Waals surface area (Å²) in [5.41, 5.74) is 9.57. The molecule has 0 atom stereocenters. The molecule has 0 saturated carbocycles. The number of azide groups is 1. The molecule has 1 N–H and O–H groups in total. The Balaban J connectivity index is 2.83. The normalized spacial score (nSPS) is 10.8. The Morgan fingerprint density at radius 1 is 1.43 bits per heavy atom. The lowest BCUT2D eigenvalue weighted by atomic mass is 10.1. The van der Waals surface area contributed by atoms with E-state index in [1.165, 1.54) is 0 Å². The van der Waals surface area contributed by atoms with Crippen LogP contribution >= 0.6 is 11.6 Å². The van der Waals surface area contributed by atoms with E-state index in [9.17, 15) is 0 Å². The zero-order valence-electron chi connectivity index (χ0n) is 7.13. The zero-order chi connectivity index (χ0) is 10.4. The number of rotatable bonds is 3. The fourth-order valence-corrected chi connectivity index (χ4v) is 1.04. The fraction of sp³-hybridized carbons (Fsp3) is 0.125. The first-order valence-corrected chi connectivity index (χ1v) is 4.13. The van der Waals surface area contributed by atoms with Gasteiger partial charge in [-0.3, -0.25) is 0 Å². The Morgan fingerprint density at radius 3 is 2.57 bits per heavy atom. The molecule has 0 saturated heterocycles. The van der Waals surface area contributed by atoms with Crippen LogP contribution in [0.1, 0.15) is 11.1 Å². The van der Waals surface area contributed by atoms with Crippen LogP contribution in [-0.2, 0) is 6.54 Å². The van der Waals surface area contributed by atoms with Crippen LogP contribution in [0.4, 0.5) is 0 Å². The first kappa shape index (κ1) is 10.4. The van der Waals surface area contributed by atoms with Gasteiger partial charge in [-0.25, -0.2) is 0 Å². The molecule has 1 rings (SSSR count). The molecule has 6 heteroatoms. The van der Waals surface area contributed by atoms with Gasteiger partial charge in [-0.1, -0.05) is 46.1 Å². The molecule has 0 aliphatic heterocycles. The number of benzene rings is 1. The molecule has 0 unspecified atom stereocenters. The molecular weight excluding hydrogens is 204 g/mol. The van der Waals surface area contributed by atoms with Gasteiger partial charge in [0.1, 0.15) is 0 Å². The summed E-state index contributed by atoms with van der Waals surface area (Å²) in [4.78, 5) is 2.64. The molecule has 1 aromatic rings. The average molecular weight is 211 g/mol. The van der Waals surface area contributed by atoms with Gasteiger partial charge in [-0.2, -0.15) is 0 Å². The maximum Gasteiger partial charge on any atom is 0.175 e. The molecule has 0 heterocycles. The maximum absolute atomic E-state index is 8.39. The minimum atomic E-state index is 0.0281. The highest BCUT2D eigenvalue weighted by atomic mass is 35.5. The van der Waals surface area contributed by atoms with Crippen molar-refractivity contribution < 1.29 is 5.21 Å². The molecule has 14 heavy (non-hydrogen) atoms. The van der Waals surface area contributed by atoms with Crippen molar-refractivity contribution in [3.8, 4) is 0 Å². The van der Waals surface area contributed by atoms with Crippen molar-refractivity contribution in [2.24, 2.45) is 10.3 Å². The van der Waals surface area contributed by atoms with E-state index in [1.54, 1.807) is 24.3 Å². The first-order valence-electron chi connectivity index (χ1n) is 3.75. The summed E-state index contributed by atoms with van der Waals surface area (Å²) in [7, 11) is 0. The summed E-state index contributed by atoms with van der Waals surface area (Å²) in [6, 6.07) is 6.86. The predicted molar refractivity (Wildman–Crippen MR) is 53.5 cm³/mol. The Morgan fingerprint density at radius 2 is 2.07 bits per heavy atom. The van der Waals surface area contributed by atoms with Crippen LogP contribution in [0.25, 0.3) is 10.4 Å². The summed E-state index contributed by atoms with van der Waals surface area (Å²) < 4.78 is 0. The third-order valence-electron chi connectivity index (χ3n) is 1.60. The lowest BCUT2D eigenvalue weighted by molar-refractivity contribution is 0.321. The SMILES string of the molecule is [N-]=[N+]=NCc1ccc(C(Cl)=NO)cc1. The summed E-state index contributed by atoms with van der Waals surface area (Å²) in [5, 5.41) is 14.7. The van der Waals surface area contributed by atoms with Crippen LogP contribution in [0.2, 0.25) is 0 Å². The van der Waals surface area contributed by atoms with Crippen LogP contribution in [0.3, 0.4) is 0 Å². The molecule has 0 bridgehead atoms. The van der Waals surface area contributed by atoms with Gasteiger partial charge >= 0.3 is 0 Å². The standard InChI is InChI=1S/C8H7ClN4O/c9-8(12-14)7-3-1-6(2-4-7)5-11-13-10/h1-4,14H,5H2. The van der Waals surface area contributed by atoms with Gasteiger partial charge in [-0.15, -0.1) is 0 Å². The third kappa shape index (κ3) is 2.65. The van der Waals surface area contributed by atoms with Crippen LogP contribution in [0, 0.1) is 0 Å². The van der Waals surface area contributed by atoms with Gasteiger partial charge in [0.25, 0.3) is 0 Å². The van der Waals surface area contributed by atoms with E-state index >= 15 is 0 Å². The Kier molecular flexibility index (Phi) is 3.79. The van der Waals surface area contributed by atoms with E-state index < -0.39 is 0 Å². The van der Waals surface area contributed by atoms with E-state index in [1.807, 2.05) is 0 Å². The smallest absolute Gasteiger partial charge is 0.175 e. The summed E-state index contributed by atoms with van der Waals surface area (Å²) in [6.07, 6.45) is 0. The lowest BCUT2D eigenvalue weighted by Crippen LogP contribution is -1.91. The van der Waals surface area contributed by atoms with Gasteiger partial charge in [0.15, 0.2) is 5.17 Å². The molecule has 1 aromatic carbocycles. The summed E-state index contributed by atoms with van der Waals surface area (Å²) in [6.45, 7) is 0.296. The molecule has 72 valence electrons. The number of halogens is 1. The Bertz CT molecular complexity index is 381. The summed E-state index contributed by atoms with van der Waals surface area (Å²) in [5.74, 6) is 0. The van der Waals surface area contributed by atoms with Crippen molar-refractivity contribution >= 4 is 16.8 Å². The van der Waals surface area contributed by atoms with Gasteiger partial charge in [0.2, 0.25) is 0 Å². The highest BCUT2D eigenvalue weighted by Crippen LogP contribution is 2.08. The minimum Gasteiger partial charge on any atom is -0.410 e. The van der Waals surface area contributed by atoms with Crippen LogP contribution in [0.15, 0.2) is 34.5 Å². The molecule has 0 aliphatic carbocycles. The van der Waals surface area contributed by atoms with E-state index in [0.29, 0.717) is 12.1 Å². The predicted octanol–water partition coefficient (Wildman–Crippen LogP) is 2.87. The maximum atomic E-state index is 8.39. The van der Waals surface area contributed by atoms with E-state index in [-0.39, 0.29) is 5.17 Å². The molecule has 0 radical (unpaired) electrons. The molecular formula is C8H7ClN4O. The molecule has 0 aliphatic rings. The van der Waals surface area contributed by atoms with Gasteiger partial charge in [0, 0.05) is 10.5 Å². The van der Waals surface area contributed by atoms with Crippen molar-refractivity contribution in [2.75, 3.05) is 0 Å². The largest absolute Gasteiger partial charge is 0.410 e. The second kappa shape index (κ2) is 5.11. The Labute approximate surface area is 85.2 Å². The van der Waals surface area contributed by atoms with Crippen molar-refractivity contribution in [1.29, 1.82) is 0 Å². The number of oxime groups is 1. The van der Waals surface area contributed by atoms with Crippen LogP contribution in [-0.4, -0.2) is 10.4 Å². The molecule has 0 amide bonds. The monoisotopic (exact) mass is 210 g/mol. The third-order valence-corrected chi connectivity index (χ3v) is 1.89. The second-order valence-electron chi connectivity index (χ2n) is 2.48. The Hall–Kier alpha value is -1.71. The average Bonchev–Trinajstić information content (AvgIpc) is 2.26. The number of hydrogen-bond donors (Lipinski definition) is 1. The van der Waals surface area contributed by atoms with Crippen LogP contribution < -0.4 is 0 Å². The number of hydrogen-bond acceptors (Lipinski definition) is 3. The van der Waals surface area contributed by atoms with Crippen molar-refractivity contribution in [3.63, 3.8) is 0 Å². The van der Waals surface area contributed by atoms with Crippen molar-refractivity contribution in [1.82, 2.24) is 0 Å². The van der Waals surface area contributed by atoms with E-state index in [4.69, 9.17) is 22.3 Å². The van der Waals surface area contributed by atoms with Crippen LogP contribution in [0.5, 0.6) is 0 Å². The topological polar surface area (TPSA) is 81.4 Å². The lowest BCUT2D eigenvalue weighted by Gasteiger charge is -1.98. The molecule has 0 fully saturated rings. The van der Waals surface area contributed by atoms with Crippen molar-refractivity contribution in [3.05, 3.63) is 45.8 Å². The number of nitrogens with zero attached hydrogens (tertiary/aromatic N) is 4. The highest BCUT2D eigenvalue weighted by Gasteiger charge is 1.99. The quantitative estimate of drug-likeness (QED) is 0.204. The second-order valence-corrected chi connectivity index (χ2v) is 2.83. The summed E-state index contributed by atoms with van der Waals surface area (Å²) >= 11 is 5.57. The van der Waals surface area contributed by atoms with Gasteiger partial charge in [-0.05, 0) is 11.1 Å². The van der Waals surface area contributed by atoms with Crippen molar-refractivity contribution in [2.45, 2.75) is 6.54 Å². The minimum absolute atomic E-state index is 0.0281. The highest BCUT2D eigenvalue weighted by molar-refractivity contribution is 6.69. The molecule has 0 aromatic heterocycles. The van der Waals surface area contributed by atoms with E-state index in [2.05, 4.69) is 15.2 Å². The zero-order valence-corrected chi connectivity index (χ0v) is 7.89. The fourth-order valence-electron chi connectivity index (χ4n) is 0.919. The molecule has 5 nitrogen and oxygen atoms in total. The first-order chi connectivity index (χ1) is 6.77.